The molecule has 1 unspecified atom stereocenters. The first-order valence-electron chi connectivity index (χ1n) is 13.4. The number of anilines is 1. The fourth-order valence-corrected chi connectivity index (χ4v) is 8.94. The Morgan fingerprint density at radius 1 is 0.658 bits per heavy atom. The van der Waals surface area contributed by atoms with Crippen molar-refractivity contribution in [3.05, 3.63) is 150 Å². The Morgan fingerprint density at radius 3 is 2.00 bits per heavy atom. The van der Waals surface area contributed by atoms with Gasteiger partial charge in [0.2, 0.25) is 0 Å². The van der Waals surface area contributed by atoms with Gasteiger partial charge in [0, 0.05) is 28.8 Å². The van der Waals surface area contributed by atoms with Gasteiger partial charge < -0.3 is 5.32 Å². The van der Waals surface area contributed by atoms with Crippen molar-refractivity contribution in [2.24, 2.45) is 0 Å². The Kier molecular flexibility index (Phi) is 7.91. The fourth-order valence-electron chi connectivity index (χ4n) is 5.58. The lowest BCUT2D eigenvalue weighted by Gasteiger charge is -2.26. The molecule has 0 amide bonds. The van der Waals surface area contributed by atoms with E-state index in [1.165, 1.54) is 37.6 Å². The number of aryl methyl sites for hydroxylation is 1. The molecule has 1 nitrogen and oxygen atoms in total. The van der Waals surface area contributed by atoms with Crippen molar-refractivity contribution in [1.29, 1.82) is 0 Å². The van der Waals surface area contributed by atoms with Crippen molar-refractivity contribution in [3.8, 4) is 0 Å². The van der Waals surface area contributed by atoms with Crippen LogP contribution in [0.5, 0.6) is 0 Å². The Morgan fingerprint density at radius 2 is 1.29 bits per heavy atom. The van der Waals surface area contributed by atoms with E-state index in [0.717, 1.165) is 25.1 Å². The van der Waals surface area contributed by atoms with Crippen LogP contribution in [-0.2, 0) is 6.42 Å². The lowest BCUT2D eigenvalue weighted by molar-refractivity contribution is 0.791. The Labute approximate surface area is 232 Å². The van der Waals surface area contributed by atoms with Crippen molar-refractivity contribution in [2.45, 2.75) is 23.7 Å². The second-order valence-corrected chi connectivity index (χ2v) is 13.0. The number of para-hydroxylation sites is 1. The van der Waals surface area contributed by atoms with Crippen molar-refractivity contribution in [2.75, 3.05) is 17.6 Å². The number of rotatable bonds is 9. The maximum Gasteiger partial charge on any atom is 0.0379 e. The third-order valence-corrected chi connectivity index (χ3v) is 10.8. The van der Waals surface area contributed by atoms with E-state index < -0.39 is 7.92 Å². The predicted molar refractivity (Wildman–Crippen MR) is 167 cm³/mol. The van der Waals surface area contributed by atoms with Crippen molar-refractivity contribution in [1.82, 2.24) is 0 Å². The number of thioether (sulfide) groups is 1. The highest BCUT2D eigenvalue weighted by molar-refractivity contribution is 7.99. The number of nitrogens with one attached hydrogen (secondary N) is 1. The average molecular weight is 530 g/mol. The summed E-state index contributed by atoms with van der Waals surface area (Å²) < 4.78 is 0. The molecule has 0 saturated heterocycles. The Hall–Kier alpha value is -3.32. The SMILES string of the molecule is c1ccc(SCCNc2ccccc2C2CCc3cccc(P(c4ccccc4)c4ccccc4)c32)cc1. The van der Waals surface area contributed by atoms with E-state index in [-0.39, 0.29) is 0 Å². The summed E-state index contributed by atoms with van der Waals surface area (Å²) in [6.45, 7) is 0.943. The van der Waals surface area contributed by atoms with E-state index in [4.69, 9.17) is 0 Å². The first-order chi connectivity index (χ1) is 18.9. The molecule has 0 saturated carbocycles. The van der Waals surface area contributed by atoms with Crippen LogP contribution in [0.2, 0.25) is 0 Å². The molecule has 1 N–H and O–H groups in total. The topological polar surface area (TPSA) is 12.0 Å². The van der Waals surface area contributed by atoms with Crippen molar-refractivity contribution in [3.63, 3.8) is 0 Å². The van der Waals surface area contributed by atoms with Crippen LogP contribution < -0.4 is 21.2 Å². The van der Waals surface area contributed by atoms with Gasteiger partial charge in [-0.2, -0.15) is 0 Å². The number of fused-ring (bicyclic) bond motifs is 1. The molecule has 1 aliphatic rings. The second kappa shape index (κ2) is 12.0. The molecule has 6 rings (SSSR count). The van der Waals surface area contributed by atoms with Crippen LogP contribution in [0.15, 0.2) is 138 Å². The van der Waals surface area contributed by atoms with Gasteiger partial charge in [-0.25, -0.2) is 0 Å². The first-order valence-corrected chi connectivity index (χ1v) is 15.7. The molecule has 38 heavy (non-hydrogen) atoms. The monoisotopic (exact) mass is 529 g/mol. The second-order valence-electron chi connectivity index (χ2n) is 9.62. The largest absolute Gasteiger partial charge is 0.384 e. The van der Waals surface area contributed by atoms with Gasteiger partial charge >= 0.3 is 0 Å². The minimum Gasteiger partial charge on any atom is -0.384 e. The average Bonchev–Trinajstić information content (AvgIpc) is 3.42. The highest BCUT2D eigenvalue weighted by Gasteiger charge is 2.31. The van der Waals surface area contributed by atoms with Crippen molar-refractivity contribution >= 4 is 41.3 Å². The van der Waals surface area contributed by atoms with Crippen LogP contribution in [0.4, 0.5) is 5.69 Å². The van der Waals surface area contributed by atoms with Gasteiger partial charge in [0.25, 0.3) is 0 Å². The van der Waals surface area contributed by atoms with Gasteiger partial charge in [0.1, 0.15) is 0 Å². The lowest BCUT2D eigenvalue weighted by Crippen LogP contribution is -2.24. The molecule has 5 aromatic carbocycles. The zero-order chi connectivity index (χ0) is 25.6. The summed E-state index contributed by atoms with van der Waals surface area (Å²) in [5.74, 6) is 1.45. The summed E-state index contributed by atoms with van der Waals surface area (Å²) in [6.07, 6.45) is 2.30. The highest BCUT2D eigenvalue weighted by Crippen LogP contribution is 2.45. The first kappa shape index (κ1) is 25.0. The zero-order valence-electron chi connectivity index (χ0n) is 21.5. The van der Waals surface area contributed by atoms with E-state index in [9.17, 15) is 0 Å². The number of hydrogen-bond acceptors (Lipinski definition) is 2. The van der Waals surface area contributed by atoms with Gasteiger partial charge in [-0.05, 0) is 71.6 Å². The van der Waals surface area contributed by atoms with Crippen LogP contribution in [0.1, 0.15) is 29.0 Å². The van der Waals surface area contributed by atoms with E-state index in [0.29, 0.717) is 5.92 Å². The maximum absolute atomic E-state index is 3.79. The number of benzene rings is 5. The molecular weight excluding hydrogens is 497 g/mol. The number of hydrogen-bond donors (Lipinski definition) is 1. The normalized spacial score (nSPS) is 14.4. The summed E-state index contributed by atoms with van der Waals surface area (Å²) in [5, 5.41) is 8.12. The molecule has 0 aromatic heterocycles. The standard InChI is InChI=1S/C35H32NPS/c1-4-14-28(15-5-1)37(29-16-6-2-7-17-29)34-22-12-13-27-23-24-32(35(27)34)31-20-10-11-21-33(31)36-25-26-38-30-18-8-3-9-19-30/h1-22,32,36H,23-26H2. The van der Waals surface area contributed by atoms with E-state index in [1.54, 1.807) is 5.56 Å². The van der Waals surface area contributed by atoms with Gasteiger partial charge in [0.15, 0.2) is 0 Å². The van der Waals surface area contributed by atoms with Crippen LogP contribution in [0.25, 0.3) is 0 Å². The van der Waals surface area contributed by atoms with Gasteiger partial charge in [-0.1, -0.05) is 115 Å². The Bertz CT molecular complexity index is 1430. The summed E-state index contributed by atoms with van der Waals surface area (Å²) in [5.41, 5.74) is 5.78. The predicted octanol–water partition coefficient (Wildman–Crippen LogP) is 7.73. The van der Waals surface area contributed by atoms with Crippen LogP contribution >= 0.6 is 19.7 Å². The minimum absolute atomic E-state index is 0.407. The summed E-state index contributed by atoms with van der Waals surface area (Å²) in [6, 6.07) is 48.9. The lowest BCUT2D eigenvalue weighted by atomic mass is 9.91. The molecule has 0 heterocycles. The van der Waals surface area contributed by atoms with Crippen LogP contribution in [0, 0.1) is 0 Å². The van der Waals surface area contributed by atoms with Crippen LogP contribution in [-0.4, -0.2) is 12.3 Å². The summed E-state index contributed by atoms with van der Waals surface area (Å²) >= 11 is 1.91. The molecule has 3 heteroatoms. The third-order valence-electron chi connectivity index (χ3n) is 7.26. The highest BCUT2D eigenvalue weighted by atomic mass is 32.2. The molecule has 1 aliphatic carbocycles. The molecule has 1 atom stereocenters. The van der Waals surface area contributed by atoms with Crippen molar-refractivity contribution < 1.29 is 0 Å². The summed E-state index contributed by atoms with van der Waals surface area (Å²) in [7, 11) is -0.639. The molecule has 0 spiro atoms. The third kappa shape index (κ3) is 5.44. The van der Waals surface area contributed by atoms with Gasteiger partial charge in [0.05, 0.1) is 0 Å². The van der Waals surface area contributed by atoms with Gasteiger partial charge in [-0.3, -0.25) is 0 Å². The molecule has 0 aliphatic heterocycles. The van der Waals surface area contributed by atoms with E-state index in [2.05, 4.69) is 139 Å². The molecular formula is C35H32NPS. The molecule has 5 aromatic rings. The molecule has 0 bridgehead atoms. The molecule has 0 fully saturated rings. The van der Waals surface area contributed by atoms with Crippen LogP contribution in [0.3, 0.4) is 0 Å². The molecule has 0 radical (unpaired) electrons. The summed E-state index contributed by atoms with van der Waals surface area (Å²) in [4.78, 5) is 1.33. The van der Waals surface area contributed by atoms with Gasteiger partial charge in [-0.15, -0.1) is 11.8 Å². The quantitative estimate of drug-likeness (QED) is 0.119. The smallest absolute Gasteiger partial charge is 0.0379 e. The van der Waals surface area contributed by atoms with E-state index in [1.807, 2.05) is 11.8 Å². The maximum atomic E-state index is 3.79. The fraction of sp³-hybridized carbons (Fsp3) is 0.143. The minimum atomic E-state index is -0.639. The zero-order valence-corrected chi connectivity index (χ0v) is 23.2. The van der Waals surface area contributed by atoms with E-state index >= 15 is 0 Å². The molecule has 188 valence electrons. The Balaban J connectivity index is 1.33.